The molecule has 1 aromatic carbocycles. The van der Waals surface area contributed by atoms with Gasteiger partial charge in [-0.2, -0.15) is 11.3 Å². The Morgan fingerprint density at radius 1 is 1.38 bits per heavy atom. The standard InChI is InChI=1S/C12H10BrNOS/c1-8-3-2-4-10(11(8)13)14-12(15)9-5-6-16-7-9/h2-7H,1H3,(H,14,15). The number of rotatable bonds is 2. The van der Waals surface area contributed by atoms with Crippen LogP contribution in [0.15, 0.2) is 39.5 Å². The molecule has 0 aliphatic rings. The molecule has 2 aromatic rings. The first kappa shape index (κ1) is 11.4. The largest absolute Gasteiger partial charge is 0.321 e. The lowest BCUT2D eigenvalue weighted by Gasteiger charge is -2.08. The first-order valence-electron chi connectivity index (χ1n) is 4.77. The van der Waals surface area contributed by atoms with E-state index in [9.17, 15) is 4.79 Å². The summed E-state index contributed by atoms with van der Waals surface area (Å²) in [5, 5.41) is 6.60. The molecule has 0 saturated heterocycles. The molecule has 0 spiro atoms. The average molecular weight is 296 g/mol. The number of thiophene rings is 1. The van der Waals surface area contributed by atoms with Crippen molar-refractivity contribution in [1.29, 1.82) is 0 Å². The van der Waals surface area contributed by atoms with Crippen molar-refractivity contribution in [3.8, 4) is 0 Å². The number of hydrogen-bond acceptors (Lipinski definition) is 2. The van der Waals surface area contributed by atoms with Gasteiger partial charge in [-0.05, 0) is 45.9 Å². The molecule has 1 heterocycles. The van der Waals surface area contributed by atoms with Gasteiger partial charge in [-0.1, -0.05) is 12.1 Å². The van der Waals surface area contributed by atoms with Gasteiger partial charge < -0.3 is 5.32 Å². The molecule has 1 aromatic heterocycles. The molecule has 0 atom stereocenters. The van der Waals surface area contributed by atoms with Crippen LogP contribution in [0, 0.1) is 6.92 Å². The van der Waals surface area contributed by atoms with E-state index >= 15 is 0 Å². The van der Waals surface area contributed by atoms with Gasteiger partial charge in [0, 0.05) is 9.85 Å². The van der Waals surface area contributed by atoms with Gasteiger partial charge in [-0.25, -0.2) is 0 Å². The Morgan fingerprint density at radius 3 is 2.88 bits per heavy atom. The Hall–Kier alpha value is -1.13. The Kier molecular flexibility index (Phi) is 3.41. The highest BCUT2D eigenvalue weighted by Crippen LogP contribution is 2.26. The van der Waals surface area contributed by atoms with Crippen molar-refractivity contribution in [2.24, 2.45) is 0 Å². The second kappa shape index (κ2) is 4.80. The number of benzene rings is 1. The number of amides is 1. The maximum atomic E-state index is 11.8. The van der Waals surface area contributed by atoms with E-state index in [4.69, 9.17) is 0 Å². The van der Waals surface area contributed by atoms with Crippen LogP contribution >= 0.6 is 27.3 Å². The van der Waals surface area contributed by atoms with Crippen LogP contribution < -0.4 is 5.32 Å². The molecule has 1 N–H and O–H groups in total. The van der Waals surface area contributed by atoms with E-state index in [0.717, 1.165) is 15.7 Å². The number of carbonyl (C=O) groups is 1. The summed E-state index contributed by atoms with van der Waals surface area (Å²) < 4.78 is 0.929. The third-order valence-corrected chi connectivity index (χ3v) is 3.96. The second-order valence-corrected chi connectivity index (χ2v) is 4.98. The van der Waals surface area contributed by atoms with E-state index in [2.05, 4.69) is 21.2 Å². The van der Waals surface area contributed by atoms with Crippen molar-refractivity contribution in [1.82, 2.24) is 0 Å². The summed E-state index contributed by atoms with van der Waals surface area (Å²) in [6.07, 6.45) is 0. The van der Waals surface area contributed by atoms with Crippen LogP contribution in [0.5, 0.6) is 0 Å². The molecule has 2 nitrogen and oxygen atoms in total. The third kappa shape index (κ3) is 2.33. The van der Waals surface area contributed by atoms with Crippen molar-refractivity contribution < 1.29 is 4.79 Å². The van der Waals surface area contributed by atoms with Gasteiger partial charge in [0.2, 0.25) is 0 Å². The summed E-state index contributed by atoms with van der Waals surface area (Å²) in [4.78, 5) is 11.8. The zero-order valence-corrected chi connectivity index (χ0v) is 11.1. The van der Waals surface area contributed by atoms with Gasteiger partial charge in [-0.15, -0.1) is 0 Å². The van der Waals surface area contributed by atoms with E-state index in [0.29, 0.717) is 5.56 Å². The third-order valence-electron chi connectivity index (χ3n) is 2.22. The van der Waals surface area contributed by atoms with Gasteiger partial charge >= 0.3 is 0 Å². The fraction of sp³-hybridized carbons (Fsp3) is 0.0833. The normalized spacial score (nSPS) is 10.1. The van der Waals surface area contributed by atoms with Crippen molar-refractivity contribution >= 4 is 38.9 Å². The van der Waals surface area contributed by atoms with Gasteiger partial charge in [-0.3, -0.25) is 4.79 Å². The first-order chi connectivity index (χ1) is 7.68. The van der Waals surface area contributed by atoms with Crippen LogP contribution in [-0.2, 0) is 0 Å². The fourth-order valence-corrected chi connectivity index (χ4v) is 2.33. The summed E-state index contributed by atoms with van der Waals surface area (Å²) in [6.45, 7) is 1.99. The van der Waals surface area contributed by atoms with Crippen molar-refractivity contribution in [2.75, 3.05) is 5.32 Å². The van der Waals surface area contributed by atoms with Crippen LogP contribution in [0.25, 0.3) is 0 Å². The van der Waals surface area contributed by atoms with Crippen molar-refractivity contribution in [3.63, 3.8) is 0 Å². The molecule has 0 aliphatic carbocycles. The maximum Gasteiger partial charge on any atom is 0.256 e. The van der Waals surface area contributed by atoms with E-state index in [1.165, 1.54) is 11.3 Å². The highest BCUT2D eigenvalue weighted by molar-refractivity contribution is 9.10. The number of carbonyl (C=O) groups excluding carboxylic acids is 1. The Balaban J connectivity index is 2.22. The predicted molar refractivity (Wildman–Crippen MR) is 71.2 cm³/mol. The number of nitrogens with one attached hydrogen (secondary N) is 1. The van der Waals surface area contributed by atoms with Gasteiger partial charge in [0.05, 0.1) is 11.3 Å². The van der Waals surface area contributed by atoms with Crippen molar-refractivity contribution in [2.45, 2.75) is 6.92 Å². The van der Waals surface area contributed by atoms with Crippen molar-refractivity contribution in [3.05, 3.63) is 50.6 Å². The summed E-state index contributed by atoms with van der Waals surface area (Å²) in [5.41, 5.74) is 2.60. The minimum absolute atomic E-state index is 0.0763. The molecule has 0 unspecified atom stereocenters. The number of anilines is 1. The van der Waals surface area contributed by atoms with Crippen LogP contribution in [0.3, 0.4) is 0 Å². The Labute approximate surface area is 106 Å². The summed E-state index contributed by atoms with van der Waals surface area (Å²) >= 11 is 4.97. The Morgan fingerprint density at radius 2 is 2.19 bits per heavy atom. The van der Waals surface area contributed by atoms with Gasteiger partial charge in [0.25, 0.3) is 5.91 Å². The molecule has 0 aliphatic heterocycles. The molecular weight excluding hydrogens is 286 g/mol. The fourth-order valence-electron chi connectivity index (χ4n) is 1.33. The highest BCUT2D eigenvalue weighted by Gasteiger charge is 2.08. The molecule has 1 amide bonds. The predicted octanol–water partition coefficient (Wildman–Crippen LogP) is 4.07. The molecule has 16 heavy (non-hydrogen) atoms. The van der Waals surface area contributed by atoms with Crippen LogP contribution in [0.4, 0.5) is 5.69 Å². The molecule has 2 rings (SSSR count). The van der Waals surface area contributed by atoms with Crippen LogP contribution in [0.2, 0.25) is 0 Å². The Bertz CT molecular complexity index is 508. The molecule has 0 saturated carbocycles. The molecule has 0 bridgehead atoms. The maximum absolute atomic E-state index is 11.8. The zero-order chi connectivity index (χ0) is 11.5. The number of halogens is 1. The highest BCUT2D eigenvalue weighted by atomic mass is 79.9. The molecular formula is C12H10BrNOS. The van der Waals surface area contributed by atoms with E-state index in [-0.39, 0.29) is 5.91 Å². The van der Waals surface area contributed by atoms with Crippen LogP contribution in [0.1, 0.15) is 15.9 Å². The smallest absolute Gasteiger partial charge is 0.256 e. The molecule has 0 fully saturated rings. The zero-order valence-electron chi connectivity index (χ0n) is 8.66. The lowest BCUT2D eigenvalue weighted by molar-refractivity contribution is 0.102. The van der Waals surface area contributed by atoms with Gasteiger partial charge in [0.15, 0.2) is 0 Å². The summed E-state index contributed by atoms with van der Waals surface area (Å²) in [6, 6.07) is 7.60. The summed E-state index contributed by atoms with van der Waals surface area (Å²) in [7, 11) is 0. The number of hydrogen-bond donors (Lipinski definition) is 1. The molecule has 4 heteroatoms. The van der Waals surface area contributed by atoms with E-state index in [1.807, 2.05) is 41.9 Å². The lowest BCUT2D eigenvalue weighted by Crippen LogP contribution is -2.11. The monoisotopic (exact) mass is 295 g/mol. The average Bonchev–Trinajstić information content (AvgIpc) is 2.78. The first-order valence-corrected chi connectivity index (χ1v) is 6.51. The van der Waals surface area contributed by atoms with E-state index < -0.39 is 0 Å². The topological polar surface area (TPSA) is 29.1 Å². The minimum atomic E-state index is -0.0763. The quantitative estimate of drug-likeness (QED) is 0.889. The SMILES string of the molecule is Cc1cccc(NC(=O)c2ccsc2)c1Br. The van der Waals surface area contributed by atoms with E-state index in [1.54, 1.807) is 0 Å². The molecule has 0 radical (unpaired) electrons. The minimum Gasteiger partial charge on any atom is -0.321 e. The summed E-state index contributed by atoms with van der Waals surface area (Å²) in [5.74, 6) is -0.0763. The van der Waals surface area contributed by atoms with Gasteiger partial charge in [0.1, 0.15) is 0 Å². The lowest BCUT2D eigenvalue weighted by atomic mass is 10.2. The molecule has 82 valence electrons. The number of aryl methyl sites for hydroxylation is 1. The second-order valence-electron chi connectivity index (χ2n) is 3.40. The van der Waals surface area contributed by atoms with Crippen LogP contribution in [-0.4, -0.2) is 5.91 Å².